The van der Waals surface area contributed by atoms with Crippen molar-refractivity contribution in [3.05, 3.63) is 138 Å². The van der Waals surface area contributed by atoms with Crippen molar-refractivity contribution in [2.45, 2.75) is 98.1 Å². The van der Waals surface area contributed by atoms with Gasteiger partial charge in [0.05, 0.1) is 0 Å². The van der Waals surface area contributed by atoms with Crippen LogP contribution >= 0.6 is 23.5 Å². The first-order valence-electron chi connectivity index (χ1n) is 20.9. The van der Waals surface area contributed by atoms with Crippen LogP contribution in [-0.2, 0) is 16.2 Å². The molecule has 0 atom stereocenters. The van der Waals surface area contributed by atoms with Gasteiger partial charge in [-0.15, -0.1) is 0 Å². The number of benzene rings is 7. The normalized spacial score (nSPS) is 14.0. The second-order valence-electron chi connectivity index (χ2n) is 19.7. The molecule has 0 bridgehead atoms. The third kappa shape index (κ3) is 5.57. The van der Waals surface area contributed by atoms with E-state index in [1.54, 1.807) is 0 Å². The average Bonchev–Trinajstić information content (AvgIpc) is 3.78. The predicted octanol–water partition coefficient (Wildman–Crippen LogP) is 14.2. The molecule has 0 N–H and O–H groups in total. The van der Waals surface area contributed by atoms with Gasteiger partial charge in [0.25, 0.3) is 0 Å². The molecule has 0 saturated heterocycles. The summed E-state index contributed by atoms with van der Waals surface area (Å²) in [5.74, 6) is 0. The number of hydrogen-bond donors (Lipinski definition) is 0. The Labute approximate surface area is 355 Å². The lowest BCUT2D eigenvalue weighted by molar-refractivity contribution is 0.572. The van der Waals surface area contributed by atoms with Gasteiger partial charge < -0.3 is 8.83 Å². The molecule has 0 saturated carbocycles. The molecule has 2 aromatic heterocycles. The molecule has 11 rings (SSSR count). The first kappa shape index (κ1) is 36.9. The standard InChI is InChI=1S/C54H47BO2S2/c1-52(2,3)30-28-43-45-44(29-30)59-51-38(36-19-11-17-32-34-21-13-25-40(54(7,8)9)49(34)57-47(32)36)23-15-27-42(51)55(45)41-26-14-22-37(50(41)58-43)35-18-10-16-31-33-20-12-24-39(53(4,5)6)48(33)56-46(31)35/h10-29H,1-9H3. The number of para-hydroxylation sites is 4. The van der Waals surface area contributed by atoms with E-state index in [1.165, 1.54) is 74.6 Å². The highest BCUT2D eigenvalue weighted by Gasteiger charge is 2.41. The highest BCUT2D eigenvalue weighted by atomic mass is 32.2. The average molecular weight is 803 g/mol. The van der Waals surface area contributed by atoms with Gasteiger partial charge in [-0.1, -0.05) is 206 Å². The Balaban J connectivity index is 1.15. The van der Waals surface area contributed by atoms with Crippen LogP contribution in [0.4, 0.5) is 0 Å². The lowest BCUT2D eigenvalue weighted by atomic mass is 9.36. The SMILES string of the molecule is CC(C)(C)c1cc2c3c(c1)Sc1c(cccc1-c1cccc4c1oc1c(C(C)(C)C)cccc14)B3c1cccc(-c3cccc4c3oc3c(C(C)(C)C)cccc34)c1S2. The van der Waals surface area contributed by atoms with Crippen molar-refractivity contribution >= 4 is 90.5 Å². The van der Waals surface area contributed by atoms with Gasteiger partial charge in [0, 0.05) is 63.4 Å². The Morgan fingerprint density at radius 3 is 1.19 bits per heavy atom. The van der Waals surface area contributed by atoms with E-state index in [1.807, 2.05) is 23.5 Å². The van der Waals surface area contributed by atoms with Gasteiger partial charge in [-0.2, -0.15) is 0 Å². The molecule has 0 radical (unpaired) electrons. The molecular weight excluding hydrogens is 756 g/mol. The summed E-state index contributed by atoms with van der Waals surface area (Å²) in [7, 11) is 0. The highest BCUT2D eigenvalue weighted by Crippen LogP contribution is 2.49. The summed E-state index contributed by atoms with van der Waals surface area (Å²) >= 11 is 3.87. The summed E-state index contributed by atoms with van der Waals surface area (Å²) in [5, 5.41) is 4.68. The first-order valence-corrected chi connectivity index (χ1v) is 22.5. The van der Waals surface area contributed by atoms with Gasteiger partial charge in [-0.25, -0.2) is 0 Å². The van der Waals surface area contributed by atoms with Gasteiger partial charge in [0.15, 0.2) is 0 Å². The quantitative estimate of drug-likeness (QED) is 0.163. The molecule has 0 spiro atoms. The van der Waals surface area contributed by atoms with Crippen LogP contribution in [0, 0.1) is 0 Å². The second-order valence-corrected chi connectivity index (χ2v) is 21.8. The van der Waals surface area contributed by atoms with Gasteiger partial charge in [0.1, 0.15) is 22.3 Å². The topological polar surface area (TPSA) is 26.3 Å². The third-order valence-corrected chi connectivity index (χ3v) is 15.1. The van der Waals surface area contributed by atoms with Crippen LogP contribution in [0.25, 0.3) is 66.1 Å². The minimum atomic E-state index is -0.0436. The molecule has 7 aromatic carbocycles. The van der Waals surface area contributed by atoms with Crippen LogP contribution < -0.4 is 16.4 Å². The third-order valence-electron chi connectivity index (χ3n) is 12.6. The minimum Gasteiger partial charge on any atom is -0.455 e. The number of rotatable bonds is 2. The summed E-state index contributed by atoms with van der Waals surface area (Å²) < 4.78 is 14.0. The van der Waals surface area contributed by atoms with E-state index in [2.05, 4.69) is 184 Å². The molecule has 9 aromatic rings. The molecule has 4 heterocycles. The Kier molecular flexibility index (Phi) is 7.96. The fraction of sp³-hybridized carbons (Fsp3) is 0.222. The van der Waals surface area contributed by atoms with Crippen LogP contribution in [0.2, 0.25) is 0 Å². The van der Waals surface area contributed by atoms with Gasteiger partial charge >= 0.3 is 0 Å². The van der Waals surface area contributed by atoms with E-state index in [0.717, 1.165) is 44.2 Å². The zero-order chi connectivity index (χ0) is 40.7. The number of fused-ring (bicyclic) bond motifs is 10. The van der Waals surface area contributed by atoms with Crippen LogP contribution in [-0.4, -0.2) is 6.71 Å². The maximum Gasteiger partial charge on any atom is 0.247 e. The van der Waals surface area contributed by atoms with Gasteiger partial charge in [-0.05, 0) is 50.5 Å². The van der Waals surface area contributed by atoms with Crippen LogP contribution in [0.15, 0.2) is 150 Å². The molecule has 2 aliphatic rings. The van der Waals surface area contributed by atoms with Gasteiger partial charge in [0.2, 0.25) is 6.71 Å². The molecule has 0 unspecified atom stereocenters. The summed E-state index contributed by atoms with van der Waals surface area (Å²) in [5.41, 5.74) is 16.5. The maximum absolute atomic E-state index is 6.99. The van der Waals surface area contributed by atoms with Gasteiger partial charge in [-0.3, -0.25) is 0 Å². The van der Waals surface area contributed by atoms with Crippen LogP contribution in [0.1, 0.15) is 79.0 Å². The monoisotopic (exact) mass is 802 g/mol. The lowest BCUT2D eigenvalue weighted by Crippen LogP contribution is -2.58. The number of hydrogen-bond acceptors (Lipinski definition) is 4. The van der Waals surface area contributed by atoms with Crippen molar-refractivity contribution in [3.63, 3.8) is 0 Å². The Bertz CT molecular complexity index is 3030. The predicted molar refractivity (Wildman–Crippen MR) is 254 cm³/mol. The molecule has 2 aliphatic heterocycles. The minimum absolute atomic E-state index is 0.0169. The van der Waals surface area contributed by atoms with E-state index < -0.39 is 0 Å². The van der Waals surface area contributed by atoms with E-state index in [4.69, 9.17) is 8.83 Å². The largest absolute Gasteiger partial charge is 0.455 e. The molecule has 2 nitrogen and oxygen atoms in total. The van der Waals surface area contributed by atoms with E-state index in [9.17, 15) is 0 Å². The Morgan fingerprint density at radius 1 is 0.407 bits per heavy atom. The van der Waals surface area contributed by atoms with Crippen molar-refractivity contribution in [2.24, 2.45) is 0 Å². The van der Waals surface area contributed by atoms with Crippen molar-refractivity contribution < 1.29 is 8.83 Å². The van der Waals surface area contributed by atoms with E-state index >= 15 is 0 Å². The van der Waals surface area contributed by atoms with Crippen molar-refractivity contribution in [2.75, 3.05) is 0 Å². The molecule has 0 aliphatic carbocycles. The zero-order valence-electron chi connectivity index (χ0n) is 35.3. The first-order chi connectivity index (χ1) is 28.2. The molecule has 59 heavy (non-hydrogen) atoms. The molecule has 5 heteroatoms. The zero-order valence-corrected chi connectivity index (χ0v) is 36.9. The molecule has 0 amide bonds. The summed E-state index contributed by atoms with van der Waals surface area (Å²) in [6.45, 7) is 20.7. The highest BCUT2D eigenvalue weighted by molar-refractivity contribution is 8.01. The molecule has 0 fully saturated rings. The second kappa shape index (κ2) is 12.7. The fourth-order valence-corrected chi connectivity index (χ4v) is 12.4. The summed E-state index contributed by atoms with van der Waals surface area (Å²) in [4.78, 5) is 5.32. The lowest BCUT2D eigenvalue weighted by Gasteiger charge is -2.36. The Morgan fingerprint density at radius 2 is 0.780 bits per heavy atom. The van der Waals surface area contributed by atoms with Crippen molar-refractivity contribution in [3.8, 4) is 22.3 Å². The van der Waals surface area contributed by atoms with Crippen molar-refractivity contribution in [1.82, 2.24) is 0 Å². The fourth-order valence-electron chi connectivity index (χ4n) is 9.65. The Hall–Kier alpha value is -5.10. The van der Waals surface area contributed by atoms with E-state index in [0.29, 0.717) is 0 Å². The molecular formula is C54H47BO2S2. The maximum atomic E-state index is 6.99. The number of furan rings is 2. The van der Waals surface area contributed by atoms with Crippen molar-refractivity contribution in [1.29, 1.82) is 0 Å². The van der Waals surface area contributed by atoms with Crippen LogP contribution in [0.5, 0.6) is 0 Å². The summed E-state index contributed by atoms with van der Waals surface area (Å²) in [6.07, 6.45) is 0. The summed E-state index contributed by atoms with van der Waals surface area (Å²) in [6, 6.07) is 45.4. The molecule has 290 valence electrons. The van der Waals surface area contributed by atoms with E-state index in [-0.39, 0.29) is 23.0 Å². The van der Waals surface area contributed by atoms with Crippen LogP contribution in [0.3, 0.4) is 0 Å². The smallest absolute Gasteiger partial charge is 0.247 e.